The lowest BCUT2D eigenvalue weighted by Gasteiger charge is -2.13. The molecule has 1 heterocycles. The van der Waals surface area contributed by atoms with Gasteiger partial charge in [0, 0.05) is 5.56 Å². The van der Waals surface area contributed by atoms with Crippen LogP contribution in [0.25, 0.3) is 11.4 Å². The second-order valence-electron chi connectivity index (χ2n) is 5.21. The van der Waals surface area contributed by atoms with Crippen molar-refractivity contribution < 1.29 is 4.74 Å². The topological polar surface area (TPSA) is 78.9 Å². The van der Waals surface area contributed by atoms with Crippen LogP contribution >= 0.6 is 0 Å². The molecule has 20 heavy (non-hydrogen) atoms. The Balaban J connectivity index is 1.93. The van der Waals surface area contributed by atoms with Crippen LogP contribution < -0.4 is 10.5 Å². The summed E-state index contributed by atoms with van der Waals surface area (Å²) in [6, 6.07) is 6.01. The van der Waals surface area contributed by atoms with Gasteiger partial charge in [0.25, 0.3) is 0 Å². The second-order valence-corrected chi connectivity index (χ2v) is 5.21. The fourth-order valence-electron chi connectivity index (χ4n) is 2.41. The van der Waals surface area contributed by atoms with E-state index in [-0.39, 0.29) is 0 Å². The van der Waals surface area contributed by atoms with Gasteiger partial charge in [0.2, 0.25) is 0 Å². The minimum Gasteiger partial charge on any atom is -0.492 e. The Kier molecular flexibility index (Phi) is 3.30. The molecule has 1 atom stereocenters. The van der Waals surface area contributed by atoms with E-state index < -0.39 is 0 Å². The first-order valence-corrected chi connectivity index (χ1v) is 7.01. The van der Waals surface area contributed by atoms with Gasteiger partial charge in [-0.25, -0.2) is 4.68 Å². The molecule has 0 spiro atoms. The van der Waals surface area contributed by atoms with Crippen LogP contribution in [0.5, 0.6) is 5.75 Å². The third-order valence-electron chi connectivity index (χ3n) is 3.75. The molecular weight excluding hydrogens is 254 g/mol. The summed E-state index contributed by atoms with van der Waals surface area (Å²) in [6.45, 7) is 4.70. The normalized spacial score (nSPS) is 16.1. The highest BCUT2D eigenvalue weighted by molar-refractivity contribution is 5.66. The Hall–Kier alpha value is -2.11. The van der Waals surface area contributed by atoms with Gasteiger partial charge in [0.15, 0.2) is 5.82 Å². The Morgan fingerprint density at radius 1 is 1.45 bits per heavy atom. The number of tetrazole rings is 1. The number of ether oxygens (including phenoxy) is 1. The Morgan fingerprint density at radius 3 is 2.90 bits per heavy atom. The van der Waals surface area contributed by atoms with Gasteiger partial charge < -0.3 is 10.5 Å². The lowest BCUT2D eigenvalue weighted by molar-refractivity contribution is 0.342. The molecule has 1 aliphatic carbocycles. The summed E-state index contributed by atoms with van der Waals surface area (Å²) >= 11 is 0. The molecule has 1 saturated carbocycles. The summed E-state index contributed by atoms with van der Waals surface area (Å²) in [5.74, 6) is 2.15. The van der Waals surface area contributed by atoms with Crippen molar-refractivity contribution >= 4 is 5.69 Å². The van der Waals surface area contributed by atoms with Crippen LogP contribution in [0.1, 0.15) is 32.7 Å². The quantitative estimate of drug-likeness (QED) is 0.845. The summed E-state index contributed by atoms with van der Waals surface area (Å²) in [5, 5.41) is 12.1. The van der Waals surface area contributed by atoms with Crippen LogP contribution in [0.15, 0.2) is 18.2 Å². The van der Waals surface area contributed by atoms with E-state index in [1.807, 2.05) is 29.8 Å². The van der Waals surface area contributed by atoms with E-state index in [0.29, 0.717) is 30.0 Å². The van der Waals surface area contributed by atoms with Crippen molar-refractivity contribution in [2.24, 2.45) is 5.92 Å². The molecule has 0 radical (unpaired) electrons. The molecule has 106 valence electrons. The molecule has 0 saturated heterocycles. The molecule has 1 aromatic carbocycles. The summed E-state index contributed by atoms with van der Waals surface area (Å²) in [6.07, 6.45) is 2.51. The molecule has 1 fully saturated rings. The molecule has 0 bridgehead atoms. The van der Waals surface area contributed by atoms with Gasteiger partial charge in [0.05, 0.1) is 18.3 Å². The predicted molar refractivity (Wildman–Crippen MR) is 76.3 cm³/mol. The predicted octanol–water partition coefficient (Wildman–Crippen LogP) is 2.29. The third-order valence-corrected chi connectivity index (χ3v) is 3.75. The maximum atomic E-state index is 6.01. The highest BCUT2D eigenvalue weighted by Gasteiger charge is 2.31. The fourth-order valence-corrected chi connectivity index (χ4v) is 2.41. The average Bonchev–Trinajstić information content (AvgIpc) is 3.17. The molecule has 2 N–H and O–H groups in total. The second kappa shape index (κ2) is 5.11. The molecular formula is C14H19N5O. The monoisotopic (exact) mass is 273 g/mol. The Labute approximate surface area is 117 Å². The van der Waals surface area contributed by atoms with Crippen molar-refractivity contribution in [2.75, 3.05) is 12.3 Å². The van der Waals surface area contributed by atoms with Crippen molar-refractivity contribution in [1.82, 2.24) is 20.2 Å². The lowest BCUT2D eigenvalue weighted by Crippen LogP contribution is -2.11. The third kappa shape index (κ3) is 2.33. The van der Waals surface area contributed by atoms with Crippen molar-refractivity contribution in [3.63, 3.8) is 0 Å². The van der Waals surface area contributed by atoms with E-state index in [1.165, 1.54) is 12.8 Å². The van der Waals surface area contributed by atoms with E-state index in [9.17, 15) is 0 Å². The molecule has 2 aromatic rings. The fraction of sp³-hybridized carbons (Fsp3) is 0.500. The van der Waals surface area contributed by atoms with Crippen molar-refractivity contribution in [3.05, 3.63) is 18.2 Å². The molecule has 1 unspecified atom stereocenters. The minimum atomic E-state index is 0.327. The first-order chi connectivity index (χ1) is 9.70. The number of anilines is 1. The van der Waals surface area contributed by atoms with Gasteiger partial charge in [-0.1, -0.05) is 0 Å². The van der Waals surface area contributed by atoms with Crippen LogP contribution in [-0.4, -0.2) is 26.8 Å². The van der Waals surface area contributed by atoms with Crippen LogP contribution in [0.4, 0.5) is 5.69 Å². The van der Waals surface area contributed by atoms with Gasteiger partial charge in [-0.3, -0.25) is 0 Å². The first kappa shape index (κ1) is 12.9. The largest absolute Gasteiger partial charge is 0.492 e. The zero-order valence-corrected chi connectivity index (χ0v) is 11.8. The van der Waals surface area contributed by atoms with E-state index in [2.05, 4.69) is 22.4 Å². The van der Waals surface area contributed by atoms with Gasteiger partial charge in [0.1, 0.15) is 5.75 Å². The molecule has 1 aliphatic rings. The van der Waals surface area contributed by atoms with E-state index in [0.717, 1.165) is 11.4 Å². The van der Waals surface area contributed by atoms with Crippen molar-refractivity contribution in [3.8, 4) is 17.1 Å². The van der Waals surface area contributed by atoms with Crippen LogP contribution in [0.2, 0.25) is 0 Å². The summed E-state index contributed by atoms with van der Waals surface area (Å²) in [7, 11) is 0. The standard InChI is InChI=1S/C14H19N5O/c1-3-20-13-7-6-11(8-12(13)15)14-16-17-18-19(14)9(2)10-4-5-10/h6-10H,3-5,15H2,1-2H3. The van der Waals surface area contributed by atoms with E-state index in [4.69, 9.17) is 10.5 Å². The number of aromatic nitrogens is 4. The molecule has 0 amide bonds. The zero-order valence-electron chi connectivity index (χ0n) is 11.8. The van der Waals surface area contributed by atoms with E-state index >= 15 is 0 Å². The number of rotatable bonds is 5. The summed E-state index contributed by atoms with van der Waals surface area (Å²) in [4.78, 5) is 0. The Bertz CT molecular complexity index is 605. The lowest BCUT2D eigenvalue weighted by atomic mass is 10.1. The molecule has 6 heteroatoms. The van der Waals surface area contributed by atoms with Crippen LogP contribution in [0, 0.1) is 5.92 Å². The van der Waals surface area contributed by atoms with Crippen LogP contribution in [0.3, 0.4) is 0 Å². The molecule has 1 aromatic heterocycles. The number of hydrogen-bond donors (Lipinski definition) is 1. The molecule has 0 aliphatic heterocycles. The van der Waals surface area contributed by atoms with Gasteiger partial charge >= 0.3 is 0 Å². The average molecular weight is 273 g/mol. The highest BCUT2D eigenvalue weighted by atomic mass is 16.5. The van der Waals surface area contributed by atoms with Gasteiger partial charge in [-0.2, -0.15) is 0 Å². The summed E-state index contributed by atoms with van der Waals surface area (Å²) in [5.41, 5.74) is 7.54. The zero-order chi connectivity index (χ0) is 14.1. The van der Waals surface area contributed by atoms with E-state index in [1.54, 1.807) is 0 Å². The SMILES string of the molecule is CCOc1ccc(-c2nnnn2C(C)C2CC2)cc1N. The maximum Gasteiger partial charge on any atom is 0.182 e. The first-order valence-electron chi connectivity index (χ1n) is 7.01. The molecule has 3 rings (SSSR count). The van der Waals surface area contributed by atoms with Crippen molar-refractivity contribution in [1.29, 1.82) is 0 Å². The number of nitrogen functional groups attached to an aromatic ring is 1. The van der Waals surface area contributed by atoms with Crippen LogP contribution in [-0.2, 0) is 0 Å². The highest BCUT2D eigenvalue weighted by Crippen LogP contribution is 2.40. The minimum absolute atomic E-state index is 0.327. The smallest absolute Gasteiger partial charge is 0.182 e. The number of nitrogens with two attached hydrogens (primary N) is 1. The molecule has 6 nitrogen and oxygen atoms in total. The number of benzene rings is 1. The summed E-state index contributed by atoms with van der Waals surface area (Å²) < 4.78 is 7.35. The maximum absolute atomic E-state index is 6.01. The van der Waals surface area contributed by atoms with Gasteiger partial charge in [-0.15, -0.1) is 5.10 Å². The number of hydrogen-bond acceptors (Lipinski definition) is 5. The number of nitrogens with zero attached hydrogens (tertiary/aromatic N) is 4. The van der Waals surface area contributed by atoms with Crippen molar-refractivity contribution in [2.45, 2.75) is 32.7 Å². The van der Waals surface area contributed by atoms with Gasteiger partial charge in [-0.05, 0) is 61.2 Å². The Morgan fingerprint density at radius 2 is 2.25 bits per heavy atom.